The van der Waals surface area contributed by atoms with Crippen molar-refractivity contribution in [3.05, 3.63) is 237 Å². The zero-order valence-electron chi connectivity index (χ0n) is 30.5. The third-order valence-electron chi connectivity index (χ3n) is 10.2. The Labute approximate surface area is 344 Å². The standard InChI is InChI=1S/C38H30N3Si.C12H8N.Au/c1-6-17-31(18-7-1)38-39-41(30-40(38)32-19-8-2-9-20-32)33-21-16-28-37(29-33)42(34-22-10-3-11-23-34,35-24-12-4-13-25-35)36-26-14-5-15-27-36;1-3-7-11-9(5-1)10-6-2-4-8-12(10)13-11;/h1-30H;1-8H;/q2*-1;. The molecule has 8 aromatic carbocycles. The molecule has 275 valence electrons. The molecule has 2 heterocycles. The molecule has 1 aliphatic heterocycles. The topological polar surface area (TPSA) is 32.9 Å². The summed E-state index contributed by atoms with van der Waals surface area (Å²) in [6.07, 6.45) is 0. The predicted molar refractivity (Wildman–Crippen MR) is 234 cm³/mol. The van der Waals surface area contributed by atoms with Gasteiger partial charge in [-0.15, -0.1) is 17.7 Å². The molecule has 1 aromatic heterocycles. The number of fused-ring (bicyclic) bond motifs is 3. The van der Waals surface area contributed by atoms with Crippen molar-refractivity contribution in [1.29, 1.82) is 0 Å². The Morgan fingerprint density at radius 3 is 1.34 bits per heavy atom. The van der Waals surface area contributed by atoms with Gasteiger partial charge < -0.3 is 14.9 Å². The molecule has 9 aromatic rings. The van der Waals surface area contributed by atoms with Gasteiger partial charge in [0.05, 0.1) is 0 Å². The Morgan fingerprint density at radius 1 is 0.411 bits per heavy atom. The predicted octanol–water partition coefficient (Wildman–Crippen LogP) is 8.82. The van der Waals surface area contributed by atoms with Crippen LogP contribution in [0.3, 0.4) is 0 Å². The van der Waals surface area contributed by atoms with Crippen LogP contribution in [0.4, 0.5) is 11.4 Å². The fraction of sp³-hybridized carbons (Fsp3) is 0. The van der Waals surface area contributed by atoms with Crippen LogP contribution in [0.2, 0.25) is 0 Å². The van der Waals surface area contributed by atoms with Crippen molar-refractivity contribution in [2.24, 2.45) is 5.10 Å². The summed E-state index contributed by atoms with van der Waals surface area (Å²) in [5.41, 5.74) is 5.34. The molecular weight excluding hydrogens is 882 g/mol. The van der Waals surface area contributed by atoms with Gasteiger partial charge in [0.15, 0.2) is 8.07 Å². The van der Waals surface area contributed by atoms with Gasteiger partial charge >= 0.3 is 0 Å². The summed E-state index contributed by atoms with van der Waals surface area (Å²) in [5.74, 6) is 0.893. The molecular formula is C50H38AuN4Si-2. The van der Waals surface area contributed by atoms with Crippen LogP contribution in [0.15, 0.2) is 230 Å². The molecule has 0 aliphatic carbocycles. The summed E-state index contributed by atoms with van der Waals surface area (Å²) >= 11 is 0. The van der Waals surface area contributed by atoms with Gasteiger partial charge in [0.2, 0.25) is 0 Å². The fourth-order valence-electron chi connectivity index (χ4n) is 7.70. The number of amidine groups is 1. The molecule has 6 heteroatoms. The van der Waals surface area contributed by atoms with Gasteiger partial charge in [-0.2, -0.15) is 5.10 Å². The van der Waals surface area contributed by atoms with Gasteiger partial charge in [-0.05, 0) is 55.8 Å². The van der Waals surface area contributed by atoms with E-state index in [1.807, 2.05) is 29.3 Å². The first kappa shape index (κ1) is 36.7. The normalized spacial score (nSPS) is 12.5. The van der Waals surface area contributed by atoms with E-state index in [1.165, 1.54) is 31.5 Å². The van der Waals surface area contributed by atoms with E-state index in [-0.39, 0.29) is 22.4 Å². The summed E-state index contributed by atoms with van der Waals surface area (Å²) < 4.78 is 0. The fourth-order valence-corrected chi connectivity index (χ4v) is 12.5. The summed E-state index contributed by atoms with van der Waals surface area (Å²) in [6, 6.07) is 79.3. The third-order valence-corrected chi connectivity index (χ3v) is 15.0. The summed E-state index contributed by atoms with van der Waals surface area (Å²) in [5, 5.41) is 15.0. The number of hydrogen-bond donors (Lipinski definition) is 0. The van der Waals surface area contributed by atoms with Crippen LogP contribution in [-0.2, 0) is 22.4 Å². The van der Waals surface area contributed by atoms with E-state index in [0.717, 1.165) is 33.8 Å². The first-order chi connectivity index (χ1) is 27.3. The SMILES string of the molecule is [Au].c1ccc(C2=NN(c3cccc([Si](c4ccccc4)(c4ccccc4)c4ccccc4)c3)[CH-]N2c2ccccc2)cc1.c1ccc2c(c1)[n-]c1ccccc12. The minimum absolute atomic E-state index is 0. The Kier molecular flexibility index (Phi) is 10.9. The first-order valence-corrected chi connectivity index (χ1v) is 20.6. The van der Waals surface area contributed by atoms with Crippen LogP contribution < -0.4 is 35.6 Å². The maximum absolute atomic E-state index is 5.16. The number of hydrazone groups is 1. The maximum Gasteiger partial charge on any atom is 0.179 e. The Bertz CT molecular complexity index is 2540. The van der Waals surface area contributed by atoms with Crippen LogP contribution in [0.5, 0.6) is 0 Å². The van der Waals surface area contributed by atoms with Crippen LogP contribution in [-0.4, -0.2) is 13.9 Å². The molecule has 0 amide bonds. The van der Waals surface area contributed by atoms with E-state index in [9.17, 15) is 0 Å². The van der Waals surface area contributed by atoms with Crippen molar-refractivity contribution in [3.63, 3.8) is 0 Å². The van der Waals surface area contributed by atoms with Gasteiger partial charge in [0.1, 0.15) is 5.84 Å². The number of rotatable bonds is 7. The van der Waals surface area contributed by atoms with Crippen LogP contribution in [0.1, 0.15) is 5.56 Å². The van der Waals surface area contributed by atoms with E-state index in [2.05, 4.69) is 217 Å². The molecule has 1 radical (unpaired) electrons. The summed E-state index contributed by atoms with van der Waals surface area (Å²) in [7, 11) is -2.65. The molecule has 0 saturated carbocycles. The molecule has 10 rings (SSSR count). The molecule has 0 saturated heterocycles. The first-order valence-electron chi connectivity index (χ1n) is 18.6. The monoisotopic (exact) mass is 919 g/mol. The third kappa shape index (κ3) is 7.05. The molecule has 4 nitrogen and oxygen atoms in total. The molecule has 56 heavy (non-hydrogen) atoms. The Balaban J connectivity index is 0.000000264. The van der Waals surface area contributed by atoms with Gasteiger partial charge in [-0.3, -0.25) is 0 Å². The average molecular weight is 920 g/mol. The molecule has 0 spiro atoms. The number of para-hydroxylation sites is 3. The number of aromatic nitrogens is 1. The zero-order valence-corrected chi connectivity index (χ0v) is 33.7. The second-order valence-corrected chi connectivity index (χ2v) is 17.3. The van der Waals surface area contributed by atoms with Crippen molar-refractivity contribution in [2.45, 2.75) is 0 Å². The quantitative estimate of drug-likeness (QED) is 0.0912. The second-order valence-electron chi connectivity index (χ2n) is 13.5. The smallest absolute Gasteiger partial charge is 0.179 e. The van der Waals surface area contributed by atoms with Gasteiger partial charge in [0.25, 0.3) is 0 Å². The van der Waals surface area contributed by atoms with Crippen molar-refractivity contribution < 1.29 is 22.4 Å². The van der Waals surface area contributed by atoms with Crippen LogP contribution in [0.25, 0.3) is 21.8 Å². The molecule has 1 aliphatic rings. The molecule has 0 fully saturated rings. The van der Waals surface area contributed by atoms with E-state index < -0.39 is 8.07 Å². The van der Waals surface area contributed by atoms with E-state index in [0.29, 0.717) is 0 Å². The van der Waals surface area contributed by atoms with Crippen molar-refractivity contribution in [2.75, 3.05) is 9.91 Å². The van der Waals surface area contributed by atoms with E-state index in [4.69, 9.17) is 5.10 Å². The Hall–Kier alpha value is -6.21. The molecule has 0 unspecified atom stereocenters. The van der Waals surface area contributed by atoms with Crippen LogP contribution >= 0.6 is 0 Å². The number of nitrogens with zero attached hydrogens (tertiary/aromatic N) is 4. The second kappa shape index (κ2) is 16.7. The number of hydrogen-bond acceptors (Lipinski definition) is 3. The molecule has 0 bridgehead atoms. The molecule has 0 N–H and O–H groups in total. The largest absolute Gasteiger partial charge is 0.657 e. The van der Waals surface area contributed by atoms with Crippen molar-refractivity contribution in [1.82, 2.24) is 4.98 Å². The van der Waals surface area contributed by atoms with Crippen LogP contribution in [0, 0.1) is 6.67 Å². The van der Waals surface area contributed by atoms with Gasteiger partial charge in [-0.1, -0.05) is 200 Å². The zero-order chi connectivity index (χ0) is 36.9. The number of anilines is 2. The Morgan fingerprint density at radius 2 is 0.821 bits per heavy atom. The van der Waals surface area contributed by atoms with Crippen molar-refractivity contribution >= 4 is 67.8 Å². The maximum atomic E-state index is 5.16. The minimum Gasteiger partial charge on any atom is -0.657 e. The minimum atomic E-state index is -2.65. The van der Waals surface area contributed by atoms with E-state index >= 15 is 0 Å². The van der Waals surface area contributed by atoms with Crippen molar-refractivity contribution in [3.8, 4) is 0 Å². The summed E-state index contributed by atoms with van der Waals surface area (Å²) in [6.45, 7) is 2.09. The van der Waals surface area contributed by atoms with Gasteiger partial charge in [-0.25, -0.2) is 0 Å². The van der Waals surface area contributed by atoms with E-state index in [1.54, 1.807) is 0 Å². The molecule has 0 atom stereocenters. The average Bonchev–Trinajstić information content (AvgIpc) is 3.89. The van der Waals surface area contributed by atoms with Gasteiger partial charge in [0, 0.05) is 39.3 Å². The summed E-state index contributed by atoms with van der Waals surface area (Å²) in [4.78, 5) is 6.68. The number of benzene rings is 8.